The van der Waals surface area contributed by atoms with Gasteiger partial charge in [0.05, 0.1) is 6.61 Å². The van der Waals surface area contributed by atoms with E-state index in [2.05, 4.69) is 4.67 Å². The van der Waals surface area contributed by atoms with Crippen molar-refractivity contribution in [1.82, 2.24) is 4.67 Å². The van der Waals surface area contributed by atoms with E-state index in [0.29, 0.717) is 0 Å². The lowest BCUT2D eigenvalue weighted by Crippen LogP contribution is -2.31. The fourth-order valence-corrected chi connectivity index (χ4v) is 4.98. The fraction of sp³-hybridized carbons (Fsp3) is 1.00. The second-order valence-corrected chi connectivity index (χ2v) is 6.23. The average molecular weight is 215 g/mol. The predicted molar refractivity (Wildman–Crippen MR) is 55.8 cm³/mol. The van der Waals surface area contributed by atoms with Crippen LogP contribution in [0.1, 0.15) is 25.7 Å². The van der Waals surface area contributed by atoms with Gasteiger partial charge in [-0.05, 0) is 18.8 Å². The van der Waals surface area contributed by atoms with Gasteiger partial charge in [0.1, 0.15) is 0 Å². The average Bonchev–Trinajstić information content (AvgIpc) is 2.55. The highest BCUT2D eigenvalue weighted by Gasteiger charge is 2.49. The van der Waals surface area contributed by atoms with Gasteiger partial charge in [-0.3, -0.25) is 0 Å². The highest BCUT2D eigenvalue weighted by atomic mass is 31.2. The number of nitrogens with zero attached hydrogens (tertiary/aromatic N) is 1. The Hall–Kier alpha value is 0.310. The summed E-state index contributed by atoms with van der Waals surface area (Å²) in [6.45, 7) is 2.17. The molecule has 0 spiro atoms. The molecule has 2 heterocycles. The highest BCUT2D eigenvalue weighted by Crippen LogP contribution is 2.57. The Morgan fingerprint density at radius 3 is 3.07 bits per heavy atom. The van der Waals surface area contributed by atoms with Crippen LogP contribution in [0.3, 0.4) is 0 Å². The molecule has 2 saturated heterocycles. The standard InChI is InChI=1S/C10H18NO2P/c1-12-14-11-6-8(7-13-14)9-4-2-3-5-10(9)11/h8-10H,2-7H2,1H3/t8-,9+,10?,14?/m0/s1. The molecular weight excluding hydrogens is 197 g/mol. The molecule has 5 atom stereocenters. The molecule has 0 aromatic heterocycles. The van der Waals surface area contributed by atoms with Crippen LogP contribution in [0.25, 0.3) is 0 Å². The topological polar surface area (TPSA) is 21.7 Å². The van der Waals surface area contributed by atoms with Gasteiger partial charge in [-0.2, -0.15) is 0 Å². The summed E-state index contributed by atoms with van der Waals surface area (Å²) in [7, 11) is 1.08. The molecule has 3 nitrogen and oxygen atoms in total. The Morgan fingerprint density at radius 2 is 2.21 bits per heavy atom. The lowest BCUT2D eigenvalue weighted by atomic mass is 9.80. The second kappa shape index (κ2) is 3.71. The maximum atomic E-state index is 5.77. The molecule has 2 bridgehead atoms. The van der Waals surface area contributed by atoms with Crippen LogP contribution in [0, 0.1) is 11.8 Å². The van der Waals surface area contributed by atoms with Crippen LogP contribution in [0.5, 0.6) is 0 Å². The molecular formula is C10H18NO2P. The molecule has 1 saturated carbocycles. The van der Waals surface area contributed by atoms with Gasteiger partial charge in [-0.15, -0.1) is 0 Å². The number of fused-ring (bicyclic) bond motifs is 5. The summed E-state index contributed by atoms with van der Waals surface area (Å²) in [6, 6.07) is 0.780. The van der Waals surface area contributed by atoms with Gasteiger partial charge in [0.15, 0.2) is 0 Å². The summed E-state index contributed by atoms with van der Waals surface area (Å²) < 4.78 is 13.7. The summed E-state index contributed by atoms with van der Waals surface area (Å²) >= 11 is 0. The van der Waals surface area contributed by atoms with Crippen molar-refractivity contribution in [2.45, 2.75) is 31.7 Å². The van der Waals surface area contributed by atoms with Crippen molar-refractivity contribution in [1.29, 1.82) is 0 Å². The van der Waals surface area contributed by atoms with E-state index in [4.69, 9.17) is 9.05 Å². The largest absolute Gasteiger partial charge is 0.325 e. The van der Waals surface area contributed by atoms with Gasteiger partial charge in [0.2, 0.25) is 0 Å². The van der Waals surface area contributed by atoms with Crippen LogP contribution in [0.2, 0.25) is 0 Å². The lowest BCUT2D eigenvalue weighted by molar-refractivity contribution is 0.171. The Morgan fingerprint density at radius 1 is 1.36 bits per heavy atom. The summed E-state index contributed by atoms with van der Waals surface area (Å²) in [4.78, 5) is 0. The van der Waals surface area contributed by atoms with Crippen molar-refractivity contribution in [3.05, 3.63) is 0 Å². The molecule has 0 aromatic carbocycles. The molecule has 3 aliphatic rings. The molecule has 4 heteroatoms. The summed E-state index contributed by atoms with van der Waals surface area (Å²) in [5.74, 6) is 1.71. The molecule has 3 unspecified atom stereocenters. The molecule has 14 heavy (non-hydrogen) atoms. The third-order valence-electron chi connectivity index (χ3n) is 3.96. The maximum Gasteiger partial charge on any atom is 0.258 e. The van der Waals surface area contributed by atoms with Crippen molar-refractivity contribution in [3.8, 4) is 0 Å². The molecule has 1 aliphatic carbocycles. The van der Waals surface area contributed by atoms with Crippen LogP contribution in [-0.2, 0) is 9.05 Å². The van der Waals surface area contributed by atoms with Crippen molar-refractivity contribution in [2.75, 3.05) is 20.3 Å². The van der Waals surface area contributed by atoms with E-state index in [0.717, 1.165) is 24.5 Å². The van der Waals surface area contributed by atoms with Gasteiger partial charge in [-0.25, -0.2) is 4.67 Å². The van der Waals surface area contributed by atoms with Crippen molar-refractivity contribution >= 4 is 8.53 Å². The van der Waals surface area contributed by atoms with Gasteiger partial charge in [0, 0.05) is 25.6 Å². The fourth-order valence-electron chi connectivity index (χ4n) is 3.33. The van der Waals surface area contributed by atoms with Gasteiger partial charge in [-0.1, -0.05) is 12.8 Å². The smallest absolute Gasteiger partial charge is 0.258 e. The Balaban J connectivity index is 1.81. The first kappa shape index (κ1) is 9.53. The van der Waals surface area contributed by atoms with E-state index in [1.807, 2.05) is 0 Å². The first-order valence-corrected chi connectivity index (χ1v) is 6.77. The molecule has 80 valence electrons. The normalized spacial score (nSPS) is 51.6. The minimum atomic E-state index is -0.702. The van der Waals surface area contributed by atoms with Gasteiger partial charge < -0.3 is 9.05 Å². The van der Waals surface area contributed by atoms with Crippen LogP contribution in [-0.4, -0.2) is 31.0 Å². The summed E-state index contributed by atoms with van der Waals surface area (Å²) in [5.41, 5.74) is 0. The zero-order chi connectivity index (χ0) is 9.54. The molecule has 2 aliphatic heterocycles. The zero-order valence-corrected chi connectivity index (χ0v) is 9.58. The van der Waals surface area contributed by atoms with Crippen molar-refractivity contribution < 1.29 is 9.05 Å². The third kappa shape index (κ3) is 1.34. The monoisotopic (exact) mass is 215 g/mol. The second-order valence-electron chi connectivity index (χ2n) is 4.61. The van der Waals surface area contributed by atoms with Crippen LogP contribution < -0.4 is 0 Å². The number of hydrogen-bond donors (Lipinski definition) is 0. The molecule has 0 radical (unpaired) electrons. The quantitative estimate of drug-likeness (QED) is 0.627. The van der Waals surface area contributed by atoms with E-state index in [9.17, 15) is 0 Å². The van der Waals surface area contributed by atoms with Gasteiger partial charge >= 0.3 is 0 Å². The van der Waals surface area contributed by atoms with Crippen LogP contribution in [0.15, 0.2) is 0 Å². The van der Waals surface area contributed by atoms with Crippen molar-refractivity contribution in [2.24, 2.45) is 11.8 Å². The van der Waals surface area contributed by atoms with Crippen molar-refractivity contribution in [3.63, 3.8) is 0 Å². The summed E-state index contributed by atoms with van der Waals surface area (Å²) in [6.07, 6.45) is 5.61. The van der Waals surface area contributed by atoms with E-state index in [1.165, 1.54) is 32.2 Å². The van der Waals surface area contributed by atoms with E-state index in [-0.39, 0.29) is 0 Å². The third-order valence-corrected chi connectivity index (χ3v) is 5.52. The SMILES string of the molecule is COP1OC[C@@H]2CN1C1CCCC[C@@H]12. The number of rotatable bonds is 1. The van der Waals surface area contributed by atoms with Gasteiger partial charge in [0.25, 0.3) is 8.53 Å². The maximum absolute atomic E-state index is 5.77. The minimum absolute atomic E-state index is 0.702. The Bertz CT molecular complexity index is 226. The first-order valence-electron chi connectivity index (χ1n) is 5.64. The predicted octanol–water partition coefficient (Wildman–Crippen LogP) is 2.38. The molecule has 0 aromatic rings. The van der Waals surface area contributed by atoms with Crippen LogP contribution in [0.4, 0.5) is 0 Å². The van der Waals surface area contributed by atoms with Crippen LogP contribution >= 0.6 is 8.53 Å². The highest BCUT2D eigenvalue weighted by molar-refractivity contribution is 7.44. The number of hydrogen-bond acceptors (Lipinski definition) is 3. The summed E-state index contributed by atoms with van der Waals surface area (Å²) in [5, 5.41) is 0. The first-order chi connectivity index (χ1) is 6.90. The van der Waals surface area contributed by atoms with E-state index >= 15 is 0 Å². The zero-order valence-electron chi connectivity index (χ0n) is 8.69. The van der Waals surface area contributed by atoms with E-state index in [1.54, 1.807) is 7.11 Å². The Kier molecular flexibility index (Phi) is 2.53. The molecule has 3 rings (SSSR count). The minimum Gasteiger partial charge on any atom is -0.325 e. The van der Waals surface area contributed by atoms with E-state index < -0.39 is 8.53 Å². The molecule has 0 amide bonds. The Labute approximate surface area is 86.7 Å². The molecule has 0 N–H and O–H groups in total. The lowest BCUT2D eigenvalue weighted by Gasteiger charge is -2.33. The molecule has 3 fully saturated rings.